The van der Waals surface area contributed by atoms with Crippen LogP contribution in [0.2, 0.25) is 0 Å². The Morgan fingerprint density at radius 1 is 1.00 bits per heavy atom. The van der Waals surface area contributed by atoms with E-state index in [0.29, 0.717) is 22.9 Å². The number of fused-ring (bicyclic) bond motifs is 1. The molecule has 0 spiro atoms. The number of carbonyl (C=O) groups excluding carboxylic acids is 4. The quantitative estimate of drug-likeness (QED) is 0.607. The van der Waals surface area contributed by atoms with E-state index >= 15 is 0 Å². The Balaban J connectivity index is 1.36. The van der Waals surface area contributed by atoms with Crippen LogP contribution in [0, 0.1) is 0 Å². The van der Waals surface area contributed by atoms with Crippen molar-refractivity contribution in [1.82, 2.24) is 0 Å². The lowest BCUT2D eigenvalue weighted by atomic mass is 10.2. The van der Waals surface area contributed by atoms with Gasteiger partial charge in [-0.15, -0.1) is 0 Å². The fourth-order valence-electron chi connectivity index (χ4n) is 3.02. The highest BCUT2D eigenvalue weighted by molar-refractivity contribution is 6.20. The number of hydrogen-bond acceptors (Lipinski definition) is 7. The first-order valence-electron chi connectivity index (χ1n) is 8.84. The maximum atomic E-state index is 12.3. The van der Waals surface area contributed by atoms with Crippen molar-refractivity contribution in [2.24, 2.45) is 0 Å². The number of benzene rings is 2. The zero-order valence-corrected chi connectivity index (χ0v) is 15.2. The van der Waals surface area contributed by atoms with Gasteiger partial charge in [-0.1, -0.05) is 6.07 Å². The lowest BCUT2D eigenvalue weighted by molar-refractivity contribution is -0.121. The van der Waals surface area contributed by atoms with Gasteiger partial charge in [0.2, 0.25) is 18.6 Å². The summed E-state index contributed by atoms with van der Waals surface area (Å²) in [5, 5.41) is 2.60. The second kappa shape index (κ2) is 7.63. The predicted molar refractivity (Wildman–Crippen MR) is 99.6 cm³/mol. The van der Waals surface area contributed by atoms with Gasteiger partial charge in [0.15, 0.2) is 18.1 Å². The maximum absolute atomic E-state index is 12.3. The molecule has 2 aromatic rings. The molecule has 2 aromatic carbocycles. The number of nitrogens with zero attached hydrogens (tertiary/aromatic N) is 1. The molecular weight excluding hydrogens is 380 g/mol. The summed E-state index contributed by atoms with van der Waals surface area (Å²) in [5.41, 5.74) is 0.908. The molecule has 0 radical (unpaired) electrons. The summed E-state index contributed by atoms with van der Waals surface area (Å²) in [6, 6.07) is 10.9. The Bertz CT molecular complexity index is 1000. The van der Waals surface area contributed by atoms with Crippen molar-refractivity contribution in [2.45, 2.75) is 12.8 Å². The lowest BCUT2D eigenvalue weighted by Crippen LogP contribution is -2.28. The van der Waals surface area contributed by atoms with Crippen LogP contribution < -0.4 is 19.7 Å². The Morgan fingerprint density at radius 2 is 1.76 bits per heavy atom. The van der Waals surface area contributed by atoms with Crippen molar-refractivity contribution in [1.29, 1.82) is 0 Å². The number of carbonyl (C=O) groups is 4. The molecule has 9 heteroatoms. The standard InChI is InChI=1S/C20H16N2O7/c23-17(21-13-4-5-15-16(9-13)29-11-28-15)10-27-20(26)12-2-1-3-14(8-12)22-18(24)6-7-19(22)25/h1-5,8-9H,6-7,10-11H2,(H,21,23). The minimum absolute atomic E-state index is 0.123. The minimum Gasteiger partial charge on any atom is -0.454 e. The summed E-state index contributed by atoms with van der Waals surface area (Å²) in [5.74, 6) is -0.802. The molecule has 0 aromatic heterocycles. The topological polar surface area (TPSA) is 111 Å². The van der Waals surface area contributed by atoms with E-state index in [1.165, 1.54) is 18.2 Å². The Kier molecular flexibility index (Phi) is 4.86. The van der Waals surface area contributed by atoms with Crippen LogP contribution in [0.1, 0.15) is 23.2 Å². The third kappa shape index (κ3) is 3.88. The first kappa shape index (κ1) is 18.5. The van der Waals surface area contributed by atoms with Crippen LogP contribution in [0.15, 0.2) is 42.5 Å². The van der Waals surface area contributed by atoms with E-state index in [4.69, 9.17) is 14.2 Å². The molecule has 0 aliphatic carbocycles. The average Bonchev–Trinajstić information content (AvgIpc) is 3.31. The zero-order valence-electron chi connectivity index (χ0n) is 15.2. The van der Waals surface area contributed by atoms with Crippen LogP contribution in [-0.2, 0) is 19.1 Å². The third-order valence-corrected chi connectivity index (χ3v) is 4.38. The number of imide groups is 1. The van der Waals surface area contributed by atoms with Gasteiger partial charge in [-0.05, 0) is 30.3 Å². The first-order valence-corrected chi connectivity index (χ1v) is 8.84. The highest BCUT2D eigenvalue weighted by Gasteiger charge is 2.30. The summed E-state index contributed by atoms with van der Waals surface area (Å²) in [4.78, 5) is 49.0. The van der Waals surface area contributed by atoms with Crippen molar-refractivity contribution < 1.29 is 33.4 Å². The molecule has 29 heavy (non-hydrogen) atoms. The van der Waals surface area contributed by atoms with Gasteiger partial charge < -0.3 is 19.5 Å². The summed E-state index contributed by atoms with van der Waals surface area (Å²) >= 11 is 0. The molecule has 2 aliphatic heterocycles. The highest BCUT2D eigenvalue weighted by Crippen LogP contribution is 2.34. The van der Waals surface area contributed by atoms with Gasteiger partial charge in [0.25, 0.3) is 5.91 Å². The number of amides is 3. The molecule has 9 nitrogen and oxygen atoms in total. The van der Waals surface area contributed by atoms with Crippen molar-refractivity contribution >= 4 is 35.1 Å². The van der Waals surface area contributed by atoms with Gasteiger partial charge in [0, 0.05) is 24.6 Å². The zero-order chi connectivity index (χ0) is 20.4. The predicted octanol–water partition coefficient (Wildman–Crippen LogP) is 1.86. The second-order valence-electron chi connectivity index (χ2n) is 6.37. The smallest absolute Gasteiger partial charge is 0.338 e. The number of nitrogens with one attached hydrogen (secondary N) is 1. The first-order chi connectivity index (χ1) is 14.0. The van der Waals surface area contributed by atoms with E-state index in [9.17, 15) is 19.2 Å². The van der Waals surface area contributed by atoms with E-state index in [-0.39, 0.29) is 37.0 Å². The molecule has 0 atom stereocenters. The summed E-state index contributed by atoms with van der Waals surface area (Å²) in [6.07, 6.45) is 0.293. The van der Waals surface area contributed by atoms with Crippen LogP contribution >= 0.6 is 0 Å². The molecule has 0 saturated carbocycles. The van der Waals surface area contributed by atoms with E-state index in [2.05, 4.69) is 5.32 Å². The molecular formula is C20H16N2O7. The molecule has 148 valence electrons. The summed E-state index contributed by atoms with van der Waals surface area (Å²) in [6.45, 7) is -0.378. The van der Waals surface area contributed by atoms with Crippen LogP contribution in [-0.4, -0.2) is 37.1 Å². The molecule has 0 unspecified atom stereocenters. The molecule has 2 heterocycles. The van der Waals surface area contributed by atoms with Gasteiger partial charge in [0.1, 0.15) is 0 Å². The molecule has 1 saturated heterocycles. The van der Waals surface area contributed by atoms with E-state index in [0.717, 1.165) is 4.90 Å². The van der Waals surface area contributed by atoms with E-state index < -0.39 is 18.5 Å². The number of esters is 1. The Hall–Kier alpha value is -3.88. The number of hydrogen-bond donors (Lipinski definition) is 1. The van der Waals surface area contributed by atoms with Gasteiger partial charge >= 0.3 is 5.97 Å². The molecule has 4 rings (SSSR count). The van der Waals surface area contributed by atoms with Crippen LogP contribution in [0.25, 0.3) is 0 Å². The molecule has 2 aliphatic rings. The average molecular weight is 396 g/mol. The number of anilines is 2. The fourth-order valence-corrected chi connectivity index (χ4v) is 3.02. The SMILES string of the molecule is O=C(COC(=O)c1cccc(N2C(=O)CCC2=O)c1)Nc1ccc2c(c1)OCO2. The Morgan fingerprint density at radius 3 is 2.55 bits per heavy atom. The maximum Gasteiger partial charge on any atom is 0.338 e. The monoisotopic (exact) mass is 396 g/mol. The van der Waals surface area contributed by atoms with Crippen molar-refractivity contribution in [3.63, 3.8) is 0 Å². The third-order valence-electron chi connectivity index (χ3n) is 4.38. The second-order valence-corrected chi connectivity index (χ2v) is 6.37. The molecule has 1 fully saturated rings. The van der Waals surface area contributed by atoms with Gasteiger partial charge in [-0.3, -0.25) is 19.3 Å². The number of ether oxygens (including phenoxy) is 3. The van der Waals surface area contributed by atoms with Crippen LogP contribution in [0.3, 0.4) is 0 Å². The summed E-state index contributed by atoms with van der Waals surface area (Å²) < 4.78 is 15.5. The minimum atomic E-state index is -0.744. The number of rotatable bonds is 5. The van der Waals surface area contributed by atoms with E-state index in [1.807, 2.05) is 0 Å². The lowest BCUT2D eigenvalue weighted by Gasteiger charge is -2.14. The Labute approximate surface area is 165 Å². The van der Waals surface area contributed by atoms with Gasteiger partial charge in [-0.25, -0.2) is 4.79 Å². The largest absolute Gasteiger partial charge is 0.454 e. The molecule has 0 bridgehead atoms. The normalized spacial score (nSPS) is 14.8. The highest BCUT2D eigenvalue weighted by atomic mass is 16.7. The van der Waals surface area contributed by atoms with Crippen molar-refractivity contribution in [2.75, 3.05) is 23.6 Å². The molecule has 1 N–H and O–H groups in total. The van der Waals surface area contributed by atoms with Gasteiger partial charge in [0.05, 0.1) is 11.3 Å². The molecule has 3 amide bonds. The van der Waals surface area contributed by atoms with Crippen molar-refractivity contribution in [3.05, 3.63) is 48.0 Å². The van der Waals surface area contributed by atoms with Crippen LogP contribution in [0.4, 0.5) is 11.4 Å². The van der Waals surface area contributed by atoms with Gasteiger partial charge in [-0.2, -0.15) is 0 Å². The fraction of sp³-hybridized carbons (Fsp3) is 0.200. The van der Waals surface area contributed by atoms with Crippen LogP contribution in [0.5, 0.6) is 11.5 Å². The van der Waals surface area contributed by atoms with E-state index in [1.54, 1.807) is 24.3 Å². The van der Waals surface area contributed by atoms with Crippen molar-refractivity contribution in [3.8, 4) is 11.5 Å². The summed E-state index contributed by atoms with van der Waals surface area (Å²) in [7, 11) is 0.